The summed E-state index contributed by atoms with van der Waals surface area (Å²) in [5.74, 6) is 0.0597. The summed E-state index contributed by atoms with van der Waals surface area (Å²) in [6.07, 6.45) is 6.23. The molecule has 0 amide bonds. The van der Waals surface area contributed by atoms with Crippen molar-refractivity contribution in [2.45, 2.75) is 37.6 Å². The zero-order chi connectivity index (χ0) is 16.7. The molecular weight excluding hydrogens is 327 g/mol. The first kappa shape index (κ1) is 15.8. The van der Waals surface area contributed by atoms with Crippen LogP contribution in [-0.4, -0.2) is 28.0 Å². The number of nitrogens with zero attached hydrogens (tertiary/aromatic N) is 3. The molecule has 0 bridgehead atoms. The summed E-state index contributed by atoms with van der Waals surface area (Å²) in [5, 5.41) is 0.494. The highest BCUT2D eigenvalue weighted by molar-refractivity contribution is 6.31. The van der Waals surface area contributed by atoms with Gasteiger partial charge in [-0.2, -0.15) is 0 Å². The summed E-state index contributed by atoms with van der Waals surface area (Å²) in [6, 6.07) is 4.64. The lowest BCUT2D eigenvalue weighted by Gasteiger charge is -2.40. The number of aromatic nitrogens is 2. The molecule has 1 unspecified atom stereocenters. The van der Waals surface area contributed by atoms with Crippen LogP contribution in [0.15, 0.2) is 24.4 Å². The first-order valence-corrected chi connectivity index (χ1v) is 8.72. The van der Waals surface area contributed by atoms with Gasteiger partial charge >= 0.3 is 0 Å². The topological polar surface area (TPSA) is 55.0 Å². The minimum Gasteiger partial charge on any atom is -0.368 e. The number of piperidine rings is 1. The molecule has 1 saturated heterocycles. The minimum absolute atomic E-state index is 0.0666. The van der Waals surface area contributed by atoms with Crippen molar-refractivity contribution in [3.63, 3.8) is 0 Å². The lowest BCUT2D eigenvalue weighted by atomic mass is 9.77. The standard InChI is InChI=1S/C18H20ClFN4/c19-15-8-14(20)3-2-13(15)10-24-7-1-5-18(11-24)6-4-12-9-22-17(21)23-16(12)18/h2-3,8-9H,1,4-7,10-11H2,(H2,21,22,23). The monoisotopic (exact) mass is 346 g/mol. The number of nitrogen functional groups attached to an aromatic ring is 1. The normalized spacial score (nSPS) is 23.6. The van der Waals surface area contributed by atoms with Gasteiger partial charge in [-0.25, -0.2) is 14.4 Å². The van der Waals surface area contributed by atoms with Crippen molar-refractivity contribution in [1.29, 1.82) is 0 Å². The molecule has 1 aliphatic carbocycles. The van der Waals surface area contributed by atoms with Crippen molar-refractivity contribution < 1.29 is 4.39 Å². The predicted molar refractivity (Wildman–Crippen MR) is 92.4 cm³/mol. The van der Waals surface area contributed by atoms with E-state index in [1.54, 1.807) is 6.07 Å². The van der Waals surface area contributed by atoms with Gasteiger partial charge in [0.1, 0.15) is 5.82 Å². The molecule has 0 radical (unpaired) electrons. The van der Waals surface area contributed by atoms with E-state index in [2.05, 4.69) is 14.9 Å². The number of nitrogens with two attached hydrogens (primary N) is 1. The fraction of sp³-hybridized carbons (Fsp3) is 0.444. The quantitative estimate of drug-likeness (QED) is 0.906. The first-order chi connectivity index (χ1) is 11.6. The highest BCUT2D eigenvalue weighted by Crippen LogP contribution is 2.44. The third-order valence-corrected chi connectivity index (χ3v) is 5.68. The second kappa shape index (κ2) is 5.97. The molecule has 6 heteroatoms. The van der Waals surface area contributed by atoms with Gasteiger partial charge in [0.15, 0.2) is 0 Å². The third kappa shape index (κ3) is 2.76. The van der Waals surface area contributed by atoms with Crippen LogP contribution in [0.3, 0.4) is 0 Å². The van der Waals surface area contributed by atoms with Crippen LogP contribution < -0.4 is 5.73 Å². The van der Waals surface area contributed by atoms with E-state index in [0.29, 0.717) is 11.0 Å². The van der Waals surface area contributed by atoms with E-state index >= 15 is 0 Å². The van der Waals surface area contributed by atoms with Gasteiger partial charge < -0.3 is 5.73 Å². The molecule has 2 aromatic rings. The Hall–Kier alpha value is -1.72. The van der Waals surface area contributed by atoms with Crippen molar-refractivity contribution in [3.05, 3.63) is 52.1 Å². The summed E-state index contributed by atoms with van der Waals surface area (Å²) >= 11 is 6.20. The van der Waals surface area contributed by atoms with Crippen molar-refractivity contribution in [2.75, 3.05) is 18.8 Å². The number of likely N-dealkylation sites (tertiary alicyclic amines) is 1. The fourth-order valence-electron chi connectivity index (χ4n) is 4.21. The van der Waals surface area contributed by atoms with Crippen molar-refractivity contribution in [2.24, 2.45) is 0 Å². The van der Waals surface area contributed by atoms with Crippen LogP contribution >= 0.6 is 11.6 Å². The molecule has 1 aromatic heterocycles. The largest absolute Gasteiger partial charge is 0.368 e. The summed E-state index contributed by atoms with van der Waals surface area (Å²) in [7, 11) is 0. The lowest BCUT2D eigenvalue weighted by Crippen LogP contribution is -2.45. The first-order valence-electron chi connectivity index (χ1n) is 8.34. The minimum atomic E-state index is -0.296. The van der Waals surface area contributed by atoms with Crippen LogP contribution in [0.2, 0.25) is 5.02 Å². The molecular formula is C18H20ClFN4. The maximum atomic E-state index is 13.2. The molecule has 126 valence electrons. The second-order valence-corrected chi connectivity index (χ2v) is 7.34. The molecule has 1 spiro atoms. The predicted octanol–water partition coefficient (Wildman–Crippen LogP) is 3.33. The van der Waals surface area contributed by atoms with Gasteiger partial charge in [0.2, 0.25) is 5.95 Å². The van der Waals surface area contributed by atoms with Crippen LogP contribution in [0, 0.1) is 5.82 Å². The summed E-state index contributed by atoms with van der Waals surface area (Å²) in [6.45, 7) is 2.69. The maximum Gasteiger partial charge on any atom is 0.220 e. The molecule has 4 nitrogen and oxygen atoms in total. The van der Waals surface area contributed by atoms with E-state index in [4.69, 9.17) is 17.3 Å². The molecule has 24 heavy (non-hydrogen) atoms. The van der Waals surface area contributed by atoms with Gasteiger partial charge in [-0.15, -0.1) is 0 Å². The Kier molecular flexibility index (Phi) is 3.93. The Balaban J connectivity index is 1.58. The fourth-order valence-corrected chi connectivity index (χ4v) is 4.43. The number of benzene rings is 1. The van der Waals surface area contributed by atoms with Crippen LogP contribution in [0.25, 0.3) is 0 Å². The second-order valence-electron chi connectivity index (χ2n) is 6.93. The lowest BCUT2D eigenvalue weighted by molar-refractivity contribution is 0.137. The van der Waals surface area contributed by atoms with Gasteiger partial charge in [-0.1, -0.05) is 17.7 Å². The Bertz CT molecular complexity index is 778. The average molecular weight is 347 g/mol. The van der Waals surface area contributed by atoms with E-state index in [0.717, 1.165) is 56.6 Å². The van der Waals surface area contributed by atoms with E-state index in [9.17, 15) is 4.39 Å². The molecule has 2 N–H and O–H groups in total. The highest BCUT2D eigenvalue weighted by Gasteiger charge is 2.43. The van der Waals surface area contributed by atoms with E-state index in [1.807, 2.05) is 6.20 Å². The van der Waals surface area contributed by atoms with Crippen LogP contribution in [0.5, 0.6) is 0 Å². The molecule has 0 saturated carbocycles. The van der Waals surface area contributed by atoms with Gasteiger partial charge in [0.25, 0.3) is 0 Å². The SMILES string of the molecule is Nc1ncc2c(n1)C1(CCCN(Cc3ccc(F)cc3Cl)C1)CC2. The van der Waals surface area contributed by atoms with Crippen molar-refractivity contribution in [1.82, 2.24) is 14.9 Å². The summed E-state index contributed by atoms with van der Waals surface area (Å²) in [5.41, 5.74) is 9.22. The average Bonchev–Trinajstić information content (AvgIpc) is 2.88. The summed E-state index contributed by atoms with van der Waals surface area (Å²) in [4.78, 5) is 11.1. The number of anilines is 1. The number of halogens is 2. The zero-order valence-corrected chi connectivity index (χ0v) is 14.2. The number of rotatable bonds is 2. The Morgan fingerprint density at radius 2 is 2.21 bits per heavy atom. The van der Waals surface area contributed by atoms with Gasteiger partial charge in [0.05, 0.1) is 5.69 Å². The van der Waals surface area contributed by atoms with Gasteiger partial charge in [0, 0.05) is 29.7 Å². The molecule has 4 rings (SSSR count). The van der Waals surface area contributed by atoms with Crippen LogP contribution in [-0.2, 0) is 18.4 Å². The Labute approximate surface area is 145 Å². The summed E-state index contributed by atoms with van der Waals surface area (Å²) < 4.78 is 13.2. The molecule has 2 aliphatic rings. The Morgan fingerprint density at radius 1 is 1.33 bits per heavy atom. The number of aryl methyl sites for hydroxylation is 1. The van der Waals surface area contributed by atoms with E-state index in [-0.39, 0.29) is 11.2 Å². The van der Waals surface area contributed by atoms with E-state index < -0.39 is 0 Å². The van der Waals surface area contributed by atoms with Crippen LogP contribution in [0.1, 0.15) is 36.1 Å². The van der Waals surface area contributed by atoms with Gasteiger partial charge in [-0.3, -0.25) is 4.90 Å². The van der Waals surface area contributed by atoms with Crippen molar-refractivity contribution in [3.8, 4) is 0 Å². The van der Waals surface area contributed by atoms with Gasteiger partial charge in [-0.05, 0) is 55.5 Å². The smallest absolute Gasteiger partial charge is 0.220 e. The molecule has 1 fully saturated rings. The zero-order valence-electron chi connectivity index (χ0n) is 13.4. The molecule has 1 aliphatic heterocycles. The molecule has 1 aromatic carbocycles. The number of hydrogen-bond acceptors (Lipinski definition) is 4. The van der Waals surface area contributed by atoms with Crippen LogP contribution in [0.4, 0.5) is 10.3 Å². The number of fused-ring (bicyclic) bond motifs is 2. The molecule has 2 heterocycles. The third-order valence-electron chi connectivity index (χ3n) is 5.32. The highest BCUT2D eigenvalue weighted by atomic mass is 35.5. The van der Waals surface area contributed by atoms with E-state index in [1.165, 1.54) is 17.7 Å². The number of hydrogen-bond donors (Lipinski definition) is 1. The molecule has 1 atom stereocenters. The maximum absolute atomic E-state index is 13.2. The Morgan fingerprint density at radius 3 is 3.04 bits per heavy atom. The van der Waals surface area contributed by atoms with Crippen molar-refractivity contribution >= 4 is 17.5 Å².